The Bertz CT molecular complexity index is 176. The Hall–Kier alpha value is -1.46. The molecule has 0 aromatic rings. The third kappa shape index (κ3) is 3.65. The fourth-order valence-corrected chi connectivity index (χ4v) is 0.591. The summed E-state index contributed by atoms with van der Waals surface area (Å²) >= 11 is 0. The van der Waals surface area contributed by atoms with E-state index in [1.807, 2.05) is 0 Å². The average Bonchev–Trinajstić information content (AvgIpc) is 1.83. The molecule has 0 spiro atoms. The van der Waals surface area contributed by atoms with Crippen LogP contribution < -0.4 is 11.5 Å². The lowest BCUT2D eigenvalue weighted by Crippen LogP contribution is -2.39. The van der Waals surface area contributed by atoms with Gasteiger partial charge in [0.2, 0.25) is 0 Å². The van der Waals surface area contributed by atoms with Crippen molar-refractivity contribution in [3.05, 3.63) is 0 Å². The van der Waals surface area contributed by atoms with Gasteiger partial charge in [0, 0.05) is 13.3 Å². The summed E-state index contributed by atoms with van der Waals surface area (Å²) in [7, 11) is 0. The standard InChI is InChI=1S/C6H12N2O4/c1-3-6(2,11-4(7)9)12-5(8)10/h3H2,1-2H3,(H2,7,9)(H2,8,10). The first-order valence-electron chi connectivity index (χ1n) is 3.36. The van der Waals surface area contributed by atoms with E-state index in [4.69, 9.17) is 11.5 Å². The van der Waals surface area contributed by atoms with Crippen molar-refractivity contribution >= 4 is 12.2 Å². The molecular weight excluding hydrogens is 164 g/mol. The Morgan fingerprint density at radius 3 is 1.75 bits per heavy atom. The number of hydrogen-bond donors (Lipinski definition) is 2. The summed E-state index contributed by atoms with van der Waals surface area (Å²) in [5.74, 6) is -1.36. The van der Waals surface area contributed by atoms with Gasteiger partial charge in [0.15, 0.2) is 0 Å². The molecular formula is C6H12N2O4. The molecule has 70 valence electrons. The lowest BCUT2D eigenvalue weighted by atomic mass is 10.2. The van der Waals surface area contributed by atoms with E-state index in [1.165, 1.54) is 6.92 Å². The average molecular weight is 176 g/mol. The van der Waals surface area contributed by atoms with Crippen LogP contribution in [0, 0.1) is 0 Å². The van der Waals surface area contributed by atoms with E-state index in [1.54, 1.807) is 6.92 Å². The van der Waals surface area contributed by atoms with Crippen molar-refractivity contribution in [1.29, 1.82) is 0 Å². The molecule has 0 aliphatic carbocycles. The number of nitrogens with two attached hydrogens (primary N) is 2. The van der Waals surface area contributed by atoms with Crippen LogP contribution in [0.4, 0.5) is 9.59 Å². The van der Waals surface area contributed by atoms with Gasteiger partial charge in [0.05, 0.1) is 0 Å². The van der Waals surface area contributed by atoms with E-state index < -0.39 is 18.0 Å². The van der Waals surface area contributed by atoms with Crippen LogP contribution in [0.1, 0.15) is 20.3 Å². The van der Waals surface area contributed by atoms with Crippen LogP contribution in [-0.4, -0.2) is 18.0 Å². The molecule has 0 fully saturated rings. The van der Waals surface area contributed by atoms with Crippen LogP contribution in [-0.2, 0) is 9.47 Å². The first-order valence-corrected chi connectivity index (χ1v) is 3.36. The van der Waals surface area contributed by atoms with Gasteiger partial charge in [-0.05, 0) is 0 Å². The van der Waals surface area contributed by atoms with Crippen LogP contribution in [0.5, 0.6) is 0 Å². The van der Waals surface area contributed by atoms with E-state index in [9.17, 15) is 9.59 Å². The molecule has 0 aliphatic rings. The Morgan fingerprint density at radius 1 is 1.25 bits per heavy atom. The Labute approximate surface area is 69.8 Å². The summed E-state index contributed by atoms with van der Waals surface area (Å²) in [6.07, 6.45) is -1.75. The largest absolute Gasteiger partial charge is 0.407 e. The molecule has 12 heavy (non-hydrogen) atoms. The number of rotatable bonds is 3. The molecule has 0 bridgehead atoms. The van der Waals surface area contributed by atoms with Crippen molar-refractivity contribution in [2.45, 2.75) is 26.1 Å². The van der Waals surface area contributed by atoms with E-state index >= 15 is 0 Å². The maximum atomic E-state index is 10.3. The van der Waals surface area contributed by atoms with Gasteiger partial charge in [-0.15, -0.1) is 0 Å². The third-order valence-corrected chi connectivity index (χ3v) is 1.28. The highest BCUT2D eigenvalue weighted by atomic mass is 16.7. The molecule has 0 heterocycles. The van der Waals surface area contributed by atoms with Crippen molar-refractivity contribution < 1.29 is 19.1 Å². The summed E-state index contributed by atoms with van der Waals surface area (Å²) in [5.41, 5.74) is 9.47. The topological polar surface area (TPSA) is 105 Å². The Balaban J connectivity index is 4.23. The van der Waals surface area contributed by atoms with Gasteiger partial charge in [-0.25, -0.2) is 9.59 Å². The van der Waals surface area contributed by atoms with Crippen molar-refractivity contribution in [2.75, 3.05) is 0 Å². The zero-order valence-corrected chi connectivity index (χ0v) is 6.99. The number of carbonyl (C=O) groups excluding carboxylic acids is 2. The summed E-state index contributed by atoms with van der Waals surface area (Å²) in [4.78, 5) is 20.6. The highest BCUT2D eigenvalue weighted by molar-refractivity contribution is 5.67. The predicted molar refractivity (Wildman–Crippen MR) is 40.0 cm³/mol. The maximum absolute atomic E-state index is 10.3. The van der Waals surface area contributed by atoms with E-state index in [0.717, 1.165) is 0 Å². The van der Waals surface area contributed by atoms with Crippen molar-refractivity contribution in [1.82, 2.24) is 0 Å². The minimum atomic E-state index is -1.36. The molecule has 0 radical (unpaired) electrons. The monoisotopic (exact) mass is 176 g/mol. The fraction of sp³-hybridized carbons (Fsp3) is 0.667. The minimum absolute atomic E-state index is 0.277. The summed E-state index contributed by atoms with van der Waals surface area (Å²) in [6, 6.07) is 0. The number of ether oxygens (including phenoxy) is 2. The fourth-order valence-electron chi connectivity index (χ4n) is 0.591. The number of primary amides is 2. The molecule has 6 nitrogen and oxygen atoms in total. The summed E-state index contributed by atoms with van der Waals surface area (Å²) in [5, 5.41) is 0. The summed E-state index contributed by atoms with van der Waals surface area (Å²) in [6.45, 7) is 3.05. The molecule has 0 aromatic heterocycles. The second kappa shape index (κ2) is 3.80. The van der Waals surface area contributed by atoms with Gasteiger partial charge in [-0.1, -0.05) is 6.92 Å². The van der Waals surface area contributed by atoms with E-state index in [0.29, 0.717) is 0 Å². The highest BCUT2D eigenvalue weighted by Crippen LogP contribution is 2.16. The highest BCUT2D eigenvalue weighted by Gasteiger charge is 2.29. The lowest BCUT2D eigenvalue weighted by molar-refractivity contribution is -0.146. The quantitative estimate of drug-likeness (QED) is 0.603. The SMILES string of the molecule is CCC(C)(OC(N)=O)OC(N)=O. The normalized spacial score (nSPS) is 10.5. The minimum Gasteiger partial charge on any atom is -0.407 e. The molecule has 4 N–H and O–H groups in total. The van der Waals surface area contributed by atoms with Gasteiger partial charge in [0.25, 0.3) is 5.79 Å². The number of hydrogen-bond acceptors (Lipinski definition) is 4. The Kier molecular flexibility index (Phi) is 3.33. The van der Waals surface area contributed by atoms with Crippen LogP contribution in [0.2, 0.25) is 0 Å². The van der Waals surface area contributed by atoms with Crippen molar-refractivity contribution in [3.8, 4) is 0 Å². The van der Waals surface area contributed by atoms with Crippen LogP contribution in [0.3, 0.4) is 0 Å². The first kappa shape index (κ1) is 10.5. The van der Waals surface area contributed by atoms with Crippen molar-refractivity contribution in [3.63, 3.8) is 0 Å². The molecule has 0 atom stereocenters. The van der Waals surface area contributed by atoms with Gasteiger partial charge in [0.1, 0.15) is 0 Å². The number of amides is 2. The van der Waals surface area contributed by atoms with Crippen molar-refractivity contribution in [2.24, 2.45) is 11.5 Å². The van der Waals surface area contributed by atoms with E-state index in [2.05, 4.69) is 9.47 Å². The Morgan fingerprint density at radius 2 is 1.58 bits per heavy atom. The molecule has 6 heteroatoms. The van der Waals surface area contributed by atoms with Crippen LogP contribution >= 0.6 is 0 Å². The zero-order valence-electron chi connectivity index (χ0n) is 6.99. The first-order chi connectivity index (χ1) is 5.39. The third-order valence-electron chi connectivity index (χ3n) is 1.28. The van der Waals surface area contributed by atoms with Gasteiger partial charge >= 0.3 is 12.2 Å². The second-order valence-electron chi connectivity index (χ2n) is 2.33. The number of carbonyl (C=O) groups is 2. The molecule has 0 saturated carbocycles. The zero-order chi connectivity index (χ0) is 9.78. The van der Waals surface area contributed by atoms with Gasteiger partial charge in [-0.3, -0.25) is 0 Å². The summed E-state index contributed by atoms with van der Waals surface area (Å²) < 4.78 is 9.03. The van der Waals surface area contributed by atoms with Gasteiger partial charge < -0.3 is 20.9 Å². The molecule has 0 rings (SSSR count). The molecule has 0 saturated heterocycles. The lowest BCUT2D eigenvalue weighted by Gasteiger charge is -2.25. The van der Waals surface area contributed by atoms with Crippen LogP contribution in [0.25, 0.3) is 0 Å². The maximum Gasteiger partial charge on any atom is 0.407 e. The van der Waals surface area contributed by atoms with E-state index in [-0.39, 0.29) is 6.42 Å². The van der Waals surface area contributed by atoms with Gasteiger partial charge in [-0.2, -0.15) is 0 Å². The second-order valence-corrected chi connectivity index (χ2v) is 2.33. The molecule has 0 unspecified atom stereocenters. The van der Waals surface area contributed by atoms with Crippen LogP contribution in [0.15, 0.2) is 0 Å². The molecule has 0 aromatic carbocycles. The molecule has 0 aliphatic heterocycles. The predicted octanol–water partition coefficient (Wildman–Crippen LogP) is 0.303. The molecule has 2 amide bonds. The smallest absolute Gasteiger partial charge is 0.407 e.